The molecule has 1 saturated carbocycles. The molecule has 262 valence electrons. The molecule has 2 fully saturated rings. The molecular formula is C36H48N8O5. The second-order valence-corrected chi connectivity index (χ2v) is 13.2. The Morgan fingerprint density at radius 2 is 1.65 bits per heavy atom. The number of hydrogen-bond donors (Lipinski definition) is 6. The van der Waals surface area contributed by atoms with Crippen molar-refractivity contribution in [2.45, 2.75) is 88.6 Å². The molecule has 2 aromatic heterocycles. The predicted octanol–water partition coefficient (Wildman–Crippen LogP) is 3.13. The maximum absolute atomic E-state index is 12.9. The van der Waals surface area contributed by atoms with Crippen molar-refractivity contribution in [3.05, 3.63) is 83.9 Å². The first-order chi connectivity index (χ1) is 23.8. The maximum atomic E-state index is 12.9. The van der Waals surface area contributed by atoms with E-state index >= 15 is 0 Å². The van der Waals surface area contributed by atoms with Gasteiger partial charge in [0.15, 0.2) is 29.0 Å². The van der Waals surface area contributed by atoms with Gasteiger partial charge in [0.1, 0.15) is 18.3 Å². The molecule has 4 atom stereocenters. The summed E-state index contributed by atoms with van der Waals surface area (Å²) in [5.41, 5.74) is 3.05. The summed E-state index contributed by atoms with van der Waals surface area (Å²) < 4.78 is 7.34. The normalized spacial score (nSPS) is 21.3. The molecule has 1 aliphatic carbocycles. The van der Waals surface area contributed by atoms with Crippen molar-refractivity contribution in [3.8, 4) is 0 Å². The number of amides is 2. The molecule has 2 amide bonds. The van der Waals surface area contributed by atoms with Gasteiger partial charge in [-0.3, -0.25) is 9.47 Å². The van der Waals surface area contributed by atoms with Crippen LogP contribution in [0.4, 0.5) is 10.6 Å². The number of imidazole rings is 1. The lowest BCUT2D eigenvalue weighted by atomic mass is 9.91. The van der Waals surface area contributed by atoms with E-state index in [1.54, 1.807) is 0 Å². The number of nitrogens with one attached hydrogen (secondary N) is 3. The first kappa shape index (κ1) is 34.7. The molecule has 0 bridgehead atoms. The van der Waals surface area contributed by atoms with Crippen LogP contribution in [0.5, 0.6) is 0 Å². The first-order valence-corrected chi connectivity index (χ1v) is 17.3. The third kappa shape index (κ3) is 8.03. The van der Waals surface area contributed by atoms with Crippen LogP contribution in [0, 0.1) is 0 Å². The van der Waals surface area contributed by atoms with Gasteiger partial charge in [-0.25, -0.2) is 19.7 Å². The van der Waals surface area contributed by atoms with E-state index in [1.165, 1.54) is 36.6 Å². The van der Waals surface area contributed by atoms with Crippen LogP contribution in [-0.2, 0) is 11.3 Å². The van der Waals surface area contributed by atoms with Crippen molar-refractivity contribution in [2.75, 3.05) is 31.6 Å². The summed E-state index contributed by atoms with van der Waals surface area (Å²) in [6.07, 6.45) is 1.82. The summed E-state index contributed by atoms with van der Waals surface area (Å²) in [4.78, 5) is 29.4. The van der Waals surface area contributed by atoms with Gasteiger partial charge in [0.05, 0.1) is 19.5 Å². The van der Waals surface area contributed by atoms with E-state index in [0.29, 0.717) is 48.0 Å². The number of nitrogens with zero attached hydrogens (tertiary/aromatic N) is 5. The highest BCUT2D eigenvalue weighted by atomic mass is 16.6. The molecule has 2 aliphatic rings. The van der Waals surface area contributed by atoms with E-state index in [-0.39, 0.29) is 18.5 Å². The molecule has 4 aromatic rings. The highest BCUT2D eigenvalue weighted by Crippen LogP contribution is 2.33. The average Bonchev–Trinajstić information content (AvgIpc) is 3.87. The number of urea groups is 1. The van der Waals surface area contributed by atoms with Crippen LogP contribution in [0.25, 0.3) is 11.2 Å². The quantitative estimate of drug-likeness (QED) is 0.117. The number of aliphatic hydroxyl groups is 3. The number of hydrogen-bond acceptors (Lipinski definition) is 10. The SMILES string of the molecule is CC(C)N(CCNC(=O)NCc1nc(NCC(c2ccccc2)c2ccccc2)c2ncn(C3OC(CO)C(O)C3O)c2n1)C1CCCC1. The van der Waals surface area contributed by atoms with Gasteiger partial charge in [0, 0.05) is 37.6 Å². The van der Waals surface area contributed by atoms with E-state index in [2.05, 4.69) is 63.9 Å². The minimum absolute atomic E-state index is 0.00283. The van der Waals surface area contributed by atoms with Gasteiger partial charge in [0.2, 0.25) is 0 Å². The number of benzene rings is 2. The van der Waals surface area contributed by atoms with Crippen LogP contribution in [0.1, 0.15) is 68.6 Å². The third-order valence-corrected chi connectivity index (χ3v) is 9.66. The van der Waals surface area contributed by atoms with Gasteiger partial charge in [-0.15, -0.1) is 0 Å². The molecule has 49 heavy (non-hydrogen) atoms. The molecular weight excluding hydrogens is 624 g/mol. The fraction of sp³-hybridized carbons (Fsp3) is 0.500. The highest BCUT2D eigenvalue weighted by Gasteiger charge is 2.44. The van der Waals surface area contributed by atoms with E-state index < -0.39 is 31.1 Å². The van der Waals surface area contributed by atoms with E-state index in [1.807, 2.05) is 36.4 Å². The molecule has 3 heterocycles. The van der Waals surface area contributed by atoms with Crippen molar-refractivity contribution in [1.82, 2.24) is 35.1 Å². The lowest BCUT2D eigenvalue weighted by Crippen LogP contribution is -2.45. The largest absolute Gasteiger partial charge is 0.394 e. The Morgan fingerprint density at radius 3 is 2.27 bits per heavy atom. The second-order valence-electron chi connectivity index (χ2n) is 13.2. The summed E-state index contributed by atoms with van der Waals surface area (Å²) in [5, 5.41) is 40.3. The predicted molar refractivity (Wildman–Crippen MR) is 186 cm³/mol. The van der Waals surface area contributed by atoms with Crippen LogP contribution >= 0.6 is 0 Å². The van der Waals surface area contributed by atoms with Crippen molar-refractivity contribution < 1.29 is 24.9 Å². The molecule has 0 spiro atoms. The lowest BCUT2D eigenvalue weighted by molar-refractivity contribution is -0.0511. The maximum Gasteiger partial charge on any atom is 0.315 e. The zero-order valence-corrected chi connectivity index (χ0v) is 28.2. The Labute approximate surface area is 286 Å². The Morgan fingerprint density at radius 1 is 0.980 bits per heavy atom. The van der Waals surface area contributed by atoms with E-state index in [4.69, 9.17) is 14.7 Å². The molecule has 4 unspecified atom stereocenters. The third-order valence-electron chi connectivity index (χ3n) is 9.66. The first-order valence-electron chi connectivity index (χ1n) is 17.3. The van der Waals surface area contributed by atoms with Crippen LogP contribution in [-0.4, -0.2) is 102 Å². The Bertz CT molecular complexity index is 1610. The second kappa shape index (κ2) is 16.0. The monoisotopic (exact) mass is 672 g/mol. The summed E-state index contributed by atoms with van der Waals surface area (Å²) in [6.45, 7) is 5.76. The van der Waals surface area contributed by atoms with Crippen LogP contribution in [0.2, 0.25) is 0 Å². The van der Waals surface area contributed by atoms with Crippen molar-refractivity contribution in [3.63, 3.8) is 0 Å². The molecule has 2 aromatic carbocycles. The van der Waals surface area contributed by atoms with Gasteiger partial charge in [-0.05, 0) is 37.8 Å². The number of carbonyl (C=O) groups is 1. The molecule has 6 N–H and O–H groups in total. The van der Waals surface area contributed by atoms with Crippen molar-refractivity contribution >= 4 is 23.0 Å². The topological polar surface area (TPSA) is 170 Å². The number of anilines is 1. The Balaban J connectivity index is 1.22. The number of carbonyl (C=O) groups excluding carboxylic acids is 1. The van der Waals surface area contributed by atoms with Crippen LogP contribution in [0.3, 0.4) is 0 Å². The zero-order chi connectivity index (χ0) is 34.3. The summed E-state index contributed by atoms with van der Waals surface area (Å²) >= 11 is 0. The van der Waals surface area contributed by atoms with Crippen molar-refractivity contribution in [1.29, 1.82) is 0 Å². The van der Waals surface area contributed by atoms with E-state index in [0.717, 1.165) is 17.7 Å². The van der Waals surface area contributed by atoms with Gasteiger partial charge in [0.25, 0.3) is 0 Å². The fourth-order valence-electron chi connectivity index (χ4n) is 7.08. The smallest absolute Gasteiger partial charge is 0.315 e. The Hall–Kier alpha value is -4.14. The molecule has 13 nitrogen and oxygen atoms in total. The van der Waals surface area contributed by atoms with E-state index in [9.17, 15) is 20.1 Å². The van der Waals surface area contributed by atoms with Gasteiger partial charge in [-0.1, -0.05) is 73.5 Å². The fourth-order valence-corrected chi connectivity index (χ4v) is 7.08. The van der Waals surface area contributed by atoms with Gasteiger partial charge >= 0.3 is 6.03 Å². The molecule has 1 saturated heterocycles. The zero-order valence-electron chi connectivity index (χ0n) is 28.2. The number of fused-ring (bicyclic) bond motifs is 1. The summed E-state index contributed by atoms with van der Waals surface area (Å²) in [6, 6.07) is 21.1. The number of aromatic nitrogens is 4. The highest BCUT2D eigenvalue weighted by molar-refractivity contribution is 5.83. The minimum atomic E-state index is -1.32. The van der Waals surface area contributed by atoms with Crippen LogP contribution < -0.4 is 16.0 Å². The molecule has 1 aliphatic heterocycles. The van der Waals surface area contributed by atoms with Gasteiger partial charge in [-0.2, -0.15) is 0 Å². The van der Waals surface area contributed by atoms with Crippen LogP contribution in [0.15, 0.2) is 67.0 Å². The summed E-state index contributed by atoms with van der Waals surface area (Å²) in [7, 11) is 0. The average molecular weight is 673 g/mol. The Kier molecular flexibility index (Phi) is 11.4. The minimum Gasteiger partial charge on any atom is -0.394 e. The molecule has 6 rings (SSSR count). The lowest BCUT2D eigenvalue weighted by Gasteiger charge is -2.32. The number of ether oxygens (including phenoxy) is 1. The number of aliphatic hydroxyl groups excluding tert-OH is 3. The van der Waals surface area contributed by atoms with Gasteiger partial charge < -0.3 is 36.0 Å². The number of rotatable bonds is 14. The molecule has 0 radical (unpaired) electrons. The molecule has 13 heteroatoms. The van der Waals surface area contributed by atoms with Crippen molar-refractivity contribution in [2.24, 2.45) is 0 Å². The standard InChI is InChI=1S/C36H48N8O5/c1-23(2)43(26-15-9-10-16-26)18-17-37-36(48)39-20-29-41-33(38-19-27(24-11-5-3-6-12-24)25-13-7-4-8-14-25)30-34(42-29)44(22-40-30)35-32(47)31(46)28(21-45)49-35/h3-8,11-14,22-23,26-28,31-32,35,45-47H,9-10,15-21H2,1-2H3,(H2,37,39,48)(H,38,41,42). The summed E-state index contributed by atoms with van der Waals surface area (Å²) in [5.74, 6) is 0.773.